The fraction of sp³-hybridized carbons (Fsp3) is 0.500. The van der Waals surface area contributed by atoms with Gasteiger partial charge in [-0.05, 0) is 32.1 Å². The Balaban J connectivity index is 1.97. The van der Waals surface area contributed by atoms with Crippen LogP contribution in [0.4, 0.5) is 5.69 Å². The summed E-state index contributed by atoms with van der Waals surface area (Å²) in [4.78, 5) is 6.26. The quantitative estimate of drug-likeness (QED) is 0.757. The Bertz CT molecular complexity index is 316. The highest BCUT2D eigenvalue weighted by molar-refractivity contribution is 6.29. The minimum atomic E-state index is 0.540. The number of hydrogen-bond donors (Lipinski definition) is 1. The van der Waals surface area contributed by atoms with E-state index in [4.69, 9.17) is 11.6 Å². The normalized spacial score (nSPS) is 22.6. The molecule has 0 aliphatic carbocycles. The highest BCUT2D eigenvalue weighted by Crippen LogP contribution is 2.16. The van der Waals surface area contributed by atoms with E-state index in [9.17, 15) is 0 Å². The lowest BCUT2D eigenvalue weighted by Gasteiger charge is -2.13. The van der Waals surface area contributed by atoms with Crippen molar-refractivity contribution < 1.29 is 0 Å². The molecular formula is C10H14ClN3. The summed E-state index contributed by atoms with van der Waals surface area (Å²) < 4.78 is 0. The van der Waals surface area contributed by atoms with E-state index in [1.807, 2.05) is 12.1 Å². The molecule has 2 heterocycles. The molecule has 1 atom stereocenters. The lowest BCUT2D eigenvalue weighted by Crippen LogP contribution is -2.23. The Labute approximate surface area is 89.1 Å². The highest BCUT2D eigenvalue weighted by atomic mass is 35.5. The number of aromatic nitrogens is 1. The molecule has 0 bridgehead atoms. The van der Waals surface area contributed by atoms with Crippen LogP contribution in [0.1, 0.15) is 6.42 Å². The maximum atomic E-state index is 5.80. The third kappa shape index (κ3) is 2.36. The predicted molar refractivity (Wildman–Crippen MR) is 58.8 cm³/mol. The van der Waals surface area contributed by atoms with Crippen molar-refractivity contribution >= 4 is 17.3 Å². The molecule has 0 amide bonds. The summed E-state index contributed by atoms with van der Waals surface area (Å²) in [5.74, 6) is 0. The number of nitrogens with zero attached hydrogens (tertiary/aromatic N) is 2. The predicted octanol–water partition coefficient (Wildman–Crippen LogP) is 1.85. The molecule has 14 heavy (non-hydrogen) atoms. The van der Waals surface area contributed by atoms with Crippen molar-refractivity contribution in [1.82, 2.24) is 9.88 Å². The second kappa shape index (κ2) is 4.15. The molecule has 1 aliphatic heterocycles. The fourth-order valence-corrected chi connectivity index (χ4v) is 1.95. The first kappa shape index (κ1) is 9.74. The molecule has 1 saturated heterocycles. The molecule has 1 N–H and O–H groups in total. The molecule has 76 valence electrons. The van der Waals surface area contributed by atoms with Gasteiger partial charge in [0.05, 0.1) is 0 Å². The summed E-state index contributed by atoms with van der Waals surface area (Å²) in [5.41, 5.74) is 1.06. The summed E-state index contributed by atoms with van der Waals surface area (Å²) >= 11 is 5.80. The Kier molecular flexibility index (Phi) is 2.89. The fourth-order valence-electron chi connectivity index (χ4n) is 1.78. The molecule has 1 aliphatic rings. The van der Waals surface area contributed by atoms with Gasteiger partial charge in [0, 0.05) is 24.5 Å². The molecule has 0 radical (unpaired) electrons. The second-order valence-corrected chi connectivity index (χ2v) is 4.15. The van der Waals surface area contributed by atoms with E-state index >= 15 is 0 Å². The molecule has 0 aromatic carbocycles. The van der Waals surface area contributed by atoms with Gasteiger partial charge in [-0.3, -0.25) is 0 Å². The zero-order chi connectivity index (χ0) is 9.97. The summed E-state index contributed by atoms with van der Waals surface area (Å²) in [5, 5.41) is 3.99. The highest BCUT2D eigenvalue weighted by Gasteiger charge is 2.18. The van der Waals surface area contributed by atoms with Gasteiger partial charge >= 0.3 is 0 Å². The largest absolute Gasteiger partial charge is 0.381 e. The standard InChI is InChI=1S/C10H14ClN3/c1-14-5-3-9(7-14)13-8-2-4-12-10(11)6-8/h2,4,6,9H,3,5,7H2,1H3,(H,12,13). The van der Waals surface area contributed by atoms with E-state index in [1.54, 1.807) is 6.20 Å². The number of halogens is 1. The third-order valence-electron chi connectivity index (χ3n) is 2.49. The van der Waals surface area contributed by atoms with Crippen LogP contribution in [-0.4, -0.2) is 36.1 Å². The third-order valence-corrected chi connectivity index (χ3v) is 2.70. The molecule has 0 saturated carbocycles. The van der Waals surface area contributed by atoms with Crippen LogP contribution in [0.3, 0.4) is 0 Å². The van der Waals surface area contributed by atoms with E-state index < -0.39 is 0 Å². The molecule has 1 aromatic heterocycles. The zero-order valence-electron chi connectivity index (χ0n) is 8.20. The van der Waals surface area contributed by atoms with E-state index in [0.29, 0.717) is 11.2 Å². The lowest BCUT2D eigenvalue weighted by atomic mass is 10.2. The van der Waals surface area contributed by atoms with E-state index in [1.165, 1.54) is 6.42 Å². The van der Waals surface area contributed by atoms with Gasteiger partial charge in [-0.1, -0.05) is 11.6 Å². The van der Waals surface area contributed by atoms with E-state index in [-0.39, 0.29) is 0 Å². The minimum Gasteiger partial charge on any atom is -0.381 e. The van der Waals surface area contributed by atoms with Crippen LogP contribution in [0.25, 0.3) is 0 Å². The Morgan fingerprint density at radius 3 is 3.14 bits per heavy atom. The monoisotopic (exact) mass is 211 g/mol. The molecular weight excluding hydrogens is 198 g/mol. The van der Waals surface area contributed by atoms with Gasteiger partial charge in [0.15, 0.2) is 0 Å². The summed E-state index contributed by atoms with van der Waals surface area (Å²) in [6.07, 6.45) is 2.92. The molecule has 2 rings (SSSR count). The van der Waals surface area contributed by atoms with Crippen LogP contribution in [0.15, 0.2) is 18.3 Å². The van der Waals surface area contributed by atoms with Crippen LogP contribution in [0.5, 0.6) is 0 Å². The minimum absolute atomic E-state index is 0.540. The zero-order valence-corrected chi connectivity index (χ0v) is 8.96. The smallest absolute Gasteiger partial charge is 0.131 e. The SMILES string of the molecule is CN1CCC(Nc2ccnc(Cl)c2)C1. The number of anilines is 1. The molecule has 1 aromatic rings. The van der Waals surface area contributed by atoms with Crippen molar-refractivity contribution in [3.63, 3.8) is 0 Å². The lowest BCUT2D eigenvalue weighted by molar-refractivity contribution is 0.414. The number of hydrogen-bond acceptors (Lipinski definition) is 3. The Hall–Kier alpha value is -0.800. The number of likely N-dealkylation sites (N-methyl/N-ethyl adjacent to an activating group) is 1. The maximum Gasteiger partial charge on any atom is 0.131 e. The van der Waals surface area contributed by atoms with Gasteiger partial charge < -0.3 is 10.2 Å². The Morgan fingerprint density at radius 1 is 1.64 bits per heavy atom. The van der Waals surface area contributed by atoms with Crippen molar-refractivity contribution in [2.45, 2.75) is 12.5 Å². The average Bonchev–Trinajstić information content (AvgIpc) is 2.51. The van der Waals surface area contributed by atoms with Crippen LogP contribution in [0, 0.1) is 0 Å². The first-order chi connectivity index (χ1) is 6.74. The first-order valence-corrected chi connectivity index (χ1v) is 5.18. The molecule has 3 nitrogen and oxygen atoms in total. The van der Waals surface area contributed by atoms with Crippen molar-refractivity contribution in [3.8, 4) is 0 Å². The molecule has 0 spiro atoms. The van der Waals surface area contributed by atoms with Crippen LogP contribution >= 0.6 is 11.6 Å². The number of pyridine rings is 1. The van der Waals surface area contributed by atoms with Crippen LogP contribution < -0.4 is 5.32 Å². The van der Waals surface area contributed by atoms with Gasteiger partial charge in [-0.15, -0.1) is 0 Å². The van der Waals surface area contributed by atoms with E-state index in [0.717, 1.165) is 18.8 Å². The second-order valence-electron chi connectivity index (χ2n) is 3.76. The summed E-state index contributed by atoms with van der Waals surface area (Å²) in [6, 6.07) is 4.35. The van der Waals surface area contributed by atoms with Crippen molar-refractivity contribution in [2.24, 2.45) is 0 Å². The molecule has 1 fully saturated rings. The molecule has 1 unspecified atom stereocenters. The maximum absolute atomic E-state index is 5.80. The van der Waals surface area contributed by atoms with Crippen LogP contribution in [-0.2, 0) is 0 Å². The van der Waals surface area contributed by atoms with Gasteiger partial charge in [-0.2, -0.15) is 0 Å². The Morgan fingerprint density at radius 2 is 2.50 bits per heavy atom. The summed E-state index contributed by atoms with van der Waals surface area (Å²) in [7, 11) is 2.14. The van der Waals surface area contributed by atoms with Crippen molar-refractivity contribution in [3.05, 3.63) is 23.5 Å². The van der Waals surface area contributed by atoms with Gasteiger partial charge in [0.2, 0.25) is 0 Å². The van der Waals surface area contributed by atoms with E-state index in [2.05, 4.69) is 22.2 Å². The average molecular weight is 212 g/mol. The number of likely N-dealkylation sites (tertiary alicyclic amines) is 1. The molecule has 4 heteroatoms. The summed E-state index contributed by atoms with van der Waals surface area (Å²) in [6.45, 7) is 2.26. The number of nitrogens with one attached hydrogen (secondary N) is 1. The van der Waals surface area contributed by atoms with Gasteiger partial charge in [0.1, 0.15) is 5.15 Å². The van der Waals surface area contributed by atoms with Gasteiger partial charge in [-0.25, -0.2) is 4.98 Å². The van der Waals surface area contributed by atoms with Crippen molar-refractivity contribution in [1.29, 1.82) is 0 Å². The van der Waals surface area contributed by atoms with Gasteiger partial charge in [0.25, 0.3) is 0 Å². The number of rotatable bonds is 2. The topological polar surface area (TPSA) is 28.2 Å². The first-order valence-electron chi connectivity index (χ1n) is 4.80. The van der Waals surface area contributed by atoms with Crippen molar-refractivity contribution in [2.75, 3.05) is 25.5 Å². The van der Waals surface area contributed by atoms with Crippen LogP contribution in [0.2, 0.25) is 5.15 Å².